The summed E-state index contributed by atoms with van der Waals surface area (Å²) in [6.07, 6.45) is 0. The number of benzene rings is 3. The molecule has 0 saturated carbocycles. The van der Waals surface area contributed by atoms with Gasteiger partial charge in [0.2, 0.25) is 5.91 Å². The highest BCUT2D eigenvalue weighted by Gasteiger charge is 2.43. The Kier molecular flexibility index (Phi) is 5.98. The van der Waals surface area contributed by atoms with Gasteiger partial charge in [0.1, 0.15) is 29.8 Å². The molecule has 1 aliphatic heterocycles. The first-order valence-corrected chi connectivity index (χ1v) is 10.1. The average Bonchev–Trinajstić information content (AvgIpc) is 2.85. The van der Waals surface area contributed by atoms with Crippen LogP contribution in [0.2, 0.25) is 0 Å². The number of para-hydroxylation sites is 4. The summed E-state index contributed by atoms with van der Waals surface area (Å²) in [6, 6.07) is 20.6. The van der Waals surface area contributed by atoms with E-state index >= 15 is 0 Å². The molecule has 164 valence electrons. The number of rotatable bonds is 6. The van der Waals surface area contributed by atoms with Crippen molar-refractivity contribution in [3.05, 3.63) is 78.4 Å². The van der Waals surface area contributed by atoms with E-state index in [1.165, 1.54) is 16.9 Å². The van der Waals surface area contributed by atoms with E-state index in [9.17, 15) is 9.59 Å². The maximum atomic E-state index is 13.9. The zero-order valence-corrected chi connectivity index (χ0v) is 18.1. The van der Waals surface area contributed by atoms with Crippen molar-refractivity contribution in [3.63, 3.8) is 0 Å². The molecule has 1 saturated heterocycles. The summed E-state index contributed by atoms with van der Waals surface area (Å²) < 4.78 is 16.2. The van der Waals surface area contributed by atoms with E-state index in [0.29, 0.717) is 34.2 Å². The zero-order chi connectivity index (χ0) is 22.7. The highest BCUT2D eigenvalue weighted by atomic mass is 16.5. The molecule has 1 atom stereocenters. The van der Waals surface area contributed by atoms with Crippen LogP contribution in [0.1, 0.15) is 11.6 Å². The molecular formula is C25H24N2O5. The van der Waals surface area contributed by atoms with Crippen LogP contribution in [0.5, 0.6) is 17.2 Å². The van der Waals surface area contributed by atoms with Gasteiger partial charge in [0, 0.05) is 0 Å². The van der Waals surface area contributed by atoms with Crippen LogP contribution in [0.25, 0.3) is 0 Å². The van der Waals surface area contributed by atoms with E-state index in [2.05, 4.69) is 0 Å². The van der Waals surface area contributed by atoms with Crippen molar-refractivity contribution in [3.8, 4) is 17.2 Å². The van der Waals surface area contributed by atoms with Crippen LogP contribution in [0.4, 0.5) is 11.4 Å². The Morgan fingerprint density at radius 2 is 1.28 bits per heavy atom. The lowest BCUT2D eigenvalue weighted by atomic mass is 9.99. The SMILES string of the molecule is COc1ccc([C@H]2C(=O)N(c3ccccc3OC)CC(=O)N2c2ccccc2OC)cc1. The molecule has 32 heavy (non-hydrogen) atoms. The molecule has 0 aliphatic carbocycles. The monoisotopic (exact) mass is 432 g/mol. The van der Waals surface area contributed by atoms with E-state index < -0.39 is 6.04 Å². The third-order valence-electron chi connectivity index (χ3n) is 5.47. The first-order valence-electron chi connectivity index (χ1n) is 10.1. The third kappa shape index (κ3) is 3.73. The van der Waals surface area contributed by atoms with Gasteiger partial charge in [0.05, 0.1) is 32.7 Å². The number of carbonyl (C=O) groups excluding carboxylic acids is 2. The van der Waals surface area contributed by atoms with E-state index in [0.717, 1.165) is 0 Å². The average molecular weight is 432 g/mol. The van der Waals surface area contributed by atoms with Crippen LogP contribution in [-0.4, -0.2) is 39.7 Å². The first kappa shape index (κ1) is 21.2. The van der Waals surface area contributed by atoms with Crippen LogP contribution in [0.15, 0.2) is 72.8 Å². The molecule has 3 aromatic carbocycles. The number of hydrogen-bond acceptors (Lipinski definition) is 5. The molecule has 2 amide bonds. The van der Waals surface area contributed by atoms with Gasteiger partial charge < -0.3 is 14.2 Å². The minimum absolute atomic E-state index is 0.121. The van der Waals surface area contributed by atoms with Gasteiger partial charge in [-0.2, -0.15) is 0 Å². The lowest BCUT2D eigenvalue weighted by Gasteiger charge is -2.41. The molecule has 1 fully saturated rings. The summed E-state index contributed by atoms with van der Waals surface area (Å²) in [7, 11) is 4.66. The van der Waals surface area contributed by atoms with Crippen LogP contribution >= 0.6 is 0 Å². The summed E-state index contributed by atoms with van der Waals surface area (Å²) in [6.45, 7) is -0.121. The van der Waals surface area contributed by atoms with Crippen molar-refractivity contribution in [1.29, 1.82) is 0 Å². The Morgan fingerprint density at radius 3 is 1.88 bits per heavy atom. The minimum Gasteiger partial charge on any atom is -0.497 e. The molecule has 4 rings (SSSR count). The number of amides is 2. The predicted octanol–water partition coefficient (Wildman–Crippen LogP) is 3.83. The number of carbonyl (C=O) groups is 2. The molecular weight excluding hydrogens is 408 g/mol. The molecule has 0 spiro atoms. The maximum absolute atomic E-state index is 13.9. The molecule has 0 aromatic heterocycles. The molecule has 1 aliphatic rings. The van der Waals surface area contributed by atoms with Gasteiger partial charge in [-0.25, -0.2) is 0 Å². The Labute approximate surface area is 186 Å². The van der Waals surface area contributed by atoms with Gasteiger partial charge in [0.15, 0.2) is 0 Å². The highest BCUT2D eigenvalue weighted by molar-refractivity contribution is 6.15. The highest BCUT2D eigenvalue weighted by Crippen LogP contribution is 2.40. The second-order valence-corrected chi connectivity index (χ2v) is 7.21. The van der Waals surface area contributed by atoms with Crippen LogP contribution in [0.3, 0.4) is 0 Å². The van der Waals surface area contributed by atoms with Gasteiger partial charge in [0.25, 0.3) is 5.91 Å². The maximum Gasteiger partial charge on any atom is 0.255 e. The Balaban J connectivity index is 1.85. The predicted molar refractivity (Wildman–Crippen MR) is 122 cm³/mol. The van der Waals surface area contributed by atoms with Crippen molar-refractivity contribution in [1.82, 2.24) is 0 Å². The van der Waals surface area contributed by atoms with Gasteiger partial charge in [-0.1, -0.05) is 36.4 Å². The fourth-order valence-electron chi connectivity index (χ4n) is 3.93. The van der Waals surface area contributed by atoms with E-state index in [1.54, 1.807) is 62.8 Å². The number of piperazine rings is 1. The smallest absolute Gasteiger partial charge is 0.255 e. The van der Waals surface area contributed by atoms with E-state index in [4.69, 9.17) is 14.2 Å². The van der Waals surface area contributed by atoms with Crippen LogP contribution < -0.4 is 24.0 Å². The minimum atomic E-state index is -0.886. The van der Waals surface area contributed by atoms with Gasteiger partial charge in [-0.05, 0) is 42.0 Å². The second kappa shape index (κ2) is 9.01. The van der Waals surface area contributed by atoms with Crippen molar-refractivity contribution in [2.24, 2.45) is 0 Å². The molecule has 0 radical (unpaired) electrons. The Morgan fingerprint density at radius 1 is 0.719 bits per heavy atom. The van der Waals surface area contributed by atoms with Crippen molar-refractivity contribution in [2.45, 2.75) is 6.04 Å². The van der Waals surface area contributed by atoms with E-state index in [1.807, 2.05) is 24.3 Å². The summed E-state index contributed by atoms with van der Waals surface area (Å²) >= 11 is 0. The third-order valence-corrected chi connectivity index (χ3v) is 5.47. The van der Waals surface area contributed by atoms with Gasteiger partial charge in [-0.15, -0.1) is 0 Å². The summed E-state index contributed by atoms with van der Waals surface area (Å²) in [5.74, 6) is 1.21. The quantitative estimate of drug-likeness (QED) is 0.592. The standard InChI is InChI=1S/C25H24N2O5/c1-30-18-14-12-17(13-15-18)24-25(29)26(19-8-4-6-10-21(19)31-2)16-23(28)27(24)20-9-5-7-11-22(20)32-3/h4-15,24H,16H2,1-3H3/t24-/m0/s1. The summed E-state index contributed by atoms with van der Waals surface area (Å²) in [4.78, 5) is 30.4. The lowest BCUT2D eigenvalue weighted by Crippen LogP contribution is -2.56. The number of hydrogen-bond donors (Lipinski definition) is 0. The lowest BCUT2D eigenvalue weighted by molar-refractivity contribution is -0.128. The molecule has 0 unspecified atom stereocenters. The second-order valence-electron chi connectivity index (χ2n) is 7.21. The van der Waals surface area contributed by atoms with Crippen molar-refractivity contribution >= 4 is 23.2 Å². The number of ether oxygens (including phenoxy) is 3. The van der Waals surface area contributed by atoms with Crippen LogP contribution in [0, 0.1) is 0 Å². The van der Waals surface area contributed by atoms with Gasteiger partial charge in [-0.3, -0.25) is 19.4 Å². The van der Waals surface area contributed by atoms with E-state index in [-0.39, 0.29) is 18.4 Å². The molecule has 7 nitrogen and oxygen atoms in total. The van der Waals surface area contributed by atoms with Gasteiger partial charge >= 0.3 is 0 Å². The Hall–Kier alpha value is -4.00. The largest absolute Gasteiger partial charge is 0.497 e. The molecule has 3 aromatic rings. The Bertz CT molecular complexity index is 1130. The summed E-state index contributed by atoms with van der Waals surface area (Å²) in [5.41, 5.74) is 1.75. The number of methoxy groups -OCH3 is 3. The summed E-state index contributed by atoms with van der Waals surface area (Å²) in [5, 5.41) is 0. The molecule has 1 heterocycles. The molecule has 0 bridgehead atoms. The van der Waals surface area contributed by atoms with Crippen LogP contribution in [-0.2, 0) is 9.59 Å². The topological polar surface area (TPSA) is 68.3 Å². The molecule has 0 N–H and O–H groups in total. The molecule has 7 heteroatoms. The van der Waals surface area contributed by atoms with Crippen molar-refractivity contribution < 1.29 is 23.8 Å². The first-order chi connectivity index (χ1) is 15.6. The zero-order valence-electron chi connectivity index (χ0n) is 18.1. The van der Waals surface area contributed by atoms with Crippen molar-refractivity contribution in [2.75, 3.05) is 37.7 Å². The fourth-order valence-corrected chi connectivity index (χ4v) is 3.93. The number of anilines is 2. The number of nitrogens with zero attached hydrogens (tertiary/aromatic N) is 2. The normalized spacial score (nSPS) is 16.2. The fraction of sp³-hybridized carbons (Fsp3) is 0.200.